The molecule has 158 valence electrons. The topological polar surface area (TPSA) is 177 Å². The molecule has 0 aliphatic carbocycles. The summed E-state index contributed by atoms with van der Waals surface area (Å²) in [6.07, 6.45) is -1.67. The number of methoxy groups -OCH3 is 1. The minimum atomic E-state index is -0.942. The third kappa shape index (κ3) is 5.75. The zero-order valence-electron chi connectivity index (χ0n) is 15.6. The van der Waals surface area contributed by atoms with E-state index in [1.54, 1.807) is 0 Å². The minimum absolute atomic E-state index is 0.0721. The van der Waals surface area contributed by atoms with Crippen molar-refractivity contribution in [3.8, 4) is 11.8 Å². The molecule has 12 heteroatoms. The normalized spacial score (nSPS) is 20.6. The number of hydroxylamine groups is 2. The monoisotopic (exact) mass is 410 g/mol. The van der Waals surface area contributed by atoms with Crippen molar-refractivity contribution < 1.29 is 34.5 Å². The SMILES string of the molecule is COC(=O)CCC(=O)N(O)CC#Cc1cn([C@H]2CC(O)[C@@H](CO)O2)c(=O)nc1N. The van der Waals surface area contributed by atoms with Gasteiger partial charge in [0.15, 0.2) is 0 Å². The van der Waals surface area contributed by atoms with Crippen molar-refractivity contribution in [3.05, 3.63) is 22.2 Å². The first-order valence-electron chi connectivity index (χ1n) is 8.64. The summed E-state index contributed by atoms with van der Waals surface area (Å²) in [5.74, 6) is 3.65. The fraction of sp³-hybridized carbons (Fsp3) is 0.529. The molecule has 1 aromatic heterocycles. The molecule has 1 fully saturated rings. The van der Waals surface area contributed by atoms with Crippen LogP contribution in [0.2, 0.25) is 0 Å². The van der Waals surface area contributed by atoms with Crippen LogP contribution in [0.3, 0.4) is 0 Å². The number of aliphatic hydroxyl groups excluding tert-OH is 2. The Labute approximate surface area is 165 Å². The molecule has 1 aliphatic heterocycles. The van der Waals surface area contributed by atoms with Gasteiger partial charge in [-0.2, -0.15) is 4.98 Å². The number of hydrogen-bond acceptors (Lipinski definition) is 10. The number of esters is 1. The molecule has 0 radical (unpaired) electrons. The highest BCUT2D eigenvalue weighted by atomic mass is 16.5. The van der Waals surface area contributed by atoms with E-state index >= 15 is 0 Å². The summed E-state index contributed by atoms with van der Waals surface area (Å²) in [7, 11) is 1.19. The van der Waals surface area contributed by atoms with Crippen LogP contribution in [0.5, 0.6) is 0 Å². The van der Waals surface area contributed by atoms with E-state index in [0.717, 1.165) is 4.57 Å². The second-order valence-electron chi connectivity index (χ2n) is 6.17. The number of carbonyl (C=O) groups is 2. The number of anilines is 1. The zero-order chi connectivity index (χ0) is 21.6. The van der Waals surface area contributed by atoms with E-state index in [0.29, 0.717) is 5.06 Å². The molecule has 0 bridgehead atoms. The van der Waals surface area contributed by atoms with Crippen molar-refractivity contribution in [3.63, 3.8) is 0 Å². The third-order valence-corrected chi connectivity index (χ3v) is 4.19. The van der Waals surface area contributed by atoms with E-state index in [2.05, 4.69) is 21.6 Å². The Morgan fingerprint density at radius 1 is 1.48 bits per heavy atom. The summed E-state index contributed by atoms with van der Waals surface area (Å²) in [5, 5.41) is 29.0. The molecule has 2 rings (SSSR count). The van der Waals surface area contributed by atoms with Gasteiger partial charge in [-0.15, -0.1) is 0 Å². The first-order valence-corrected chi connectivity index (χ1v) is 8.64. The number of ether oxygens (including phenoxy) is 2. The second-order valence-corrected chi connectivity index (χ2v) is 6.17. The van der Waals surface area contributed by atoms with Gasteiger partial charge in [0.1, 0.15) is 24.7 Å². The minimum Gasteiger partial charge on any atom is -0.469 e. The highest BCUT2D eigenvalue weighted by molar-refractivity contribution is 5.80. The van der Waals surface area contributed by atoms with E-state index in [4.69, 9.17) is 15.6 Å². The molecule has 1 aromatic rings. The molecule has 0 aromatic carbocycles. The molecule has 1 amide bonds. The largest absolute Gasteiger partial charge is 0.469 e. The Morgan fingerprint density at radius 3 is 2.83 bits per heavy atom. The van der Waals surface area contributed by atoms with Gasteiger partial charge in [-0.05, 0) is 0 Å². The summed E-state index contributed by atoms with van der Waals surface area (Å²) in [6, 6.07) is 0. The first-order chi connectivity index (χ1) is 13.8. The van der Waals surface area contributed by atoms with Crippen molar-refractivity contribution in [2.75, 3.05) is 26.0 Å². The maximum absolute atomic E-state index is 12.1. The number of rotatable bonds is 6. The molecule has 1 aliphatic rings. The van der Waals surface area contributed by atoms with Gasteiger partial charge in [0.05, 0.1) is 31.8 Å². The van der Waals surface area contributed by atoms with E-state index in [-0.39, 0.29) is 37.2 Å². The van der Waals surface area contributed by atoms with Crippen molar-refractivity contribution in [1.29, 1.82) is 0 Å². The van der Waals surface area contributed by atoms with Crippen LogP contribution in [-0.4, -0.2) is 74.4 Å². The van der Waals surface area contributed by atoms with Gasteiger partial charge in [0, 0.05) is 19.0 Å². The lowest BCUT2D eigenvalue weighted by Gasteiger charge is -2.15. The summed E-state index contributed by atoms with van der Waals surface area (Å²) in [6.45, 7) is -0.776. The maximum atomic E-state index is 12.1. The summed E-state index contributed by atoms with van der Waals surface area (Å²) in [5.41, 5.74) is 5.12. The lowest BCUT2D eigenvalue weighted by atomic mass is 10.2. The molecular formula is C17H22N4O8. The number of nitrogens with two attached hydrogens (primary N) is 1. The van der Waals surface area contributed by atoms with Crippen LogP contribution in [0.1, 0.15) is 31.1 Å². The summed E-state index contributed by atoms with van der Waals surface area (Å²) >= 11 is 0. The van der Waals surface area contributed by atoms with Gasteiger partial charge in [0.2, 0.25) is 5.91 Å². The molecule has 3 atom stereocenters. The molecule has 2 heterocycles. The summed E-state index contributed by atoms with van der Waals surface area (Å²) < 4.78 is 10.9. The van der Waals surface area contributed by atoms with E-state index in [1.165, 1.54) is 13.3 Å². The lowest BCUT2D eigenvalue weighted by molar-refractivity contribution is -0.164. The van der Waals surface area contributed by atoms with Crippen LogP contribution in [0.25, 0.3) is 0 Å². The number of aromatic nitrogens is 2. The van der Waals surface area contributed by atoms with Crippen molar-refractivity contribution in [2.45, 2.75) is 37.7 Å². The third-order valence-electron chi connectivity index (χ3n) is 4.19. The average molecular weight is 410 g/mol. The van der Waals surface area contributed by atoms with Gasteiger partial charge >= 0.3 is 11.7 Å². The van der Waals surface area contributed by atoms with Crippen LogP contribution in [0, 0.1) is 11.8 Å². The molecule has 29 heavy (non-hydrogen) atoms. The van der Waals surface area contributed by atoms with E-state index < -0.39 is 42.6 Å². The average Bonchev–Trinajstić information content (AvgIpc) is 3.07. The summed E-state index contributed by atoms with van der Waals surface area (Å²) in [4.78, 5) is 38.4. The van der Waals surface area contributed by atoms with Gasteiger partial charge < -0.3 is 25.4 Å². The zero-order valence-corrected chi connectivity index (χ0v) is 15.6. The smallest absolute Gasteiger partial charge is 0.351 e. The molecule has 5 N–H and O–H groups in total. The highest BCUT2D eigenvalue weighted by Gasteiger charge is 2.35. The van der Waals surface area contributed by atoms with Crippen LogP contribution >= 0.6 is 0 Å². The Morgan fingerprint density at radius 2 is 2.21 bits per heavy atom. The lowest BCUT2D eigenvalue weighted by Crippen LogP contribution is -2.29. The molecular weight excluding hydrogens is 388 g/mol. The van der Waals surface area contributed by atoms with Gasteiger partial charge in [-0.25, -0.2) is 9.86 Å². The van der Waals surface area contributed by atoms with E-state index in [9.17, 15) is 24.7 Å². The molecule has 0 spiro atoms. The first kappa shape index (κ1) is 22.3. The van der Waals surface area contributed by atoms with Crippen LogP contribution in [0.4, 0.5) is 5.82 Å². The van der Waals surface area contributed by atoms with Crippen LogP contribution in [0.15, 0.2) is 11.0 Å². The second kappa shape index (κ2) is 9.99. The molecule has 1 unspecified atom stereocenters. The maximum Gasteiger partial charge on any atom is 0.351 e. The predicted molar refractivity (Wildman–Crippen MR) is 96.2 cm³/mol. The Hall–Kier alpha value is -2.98. The van der Waals surface area contributed by atoms with Crippen LogP contribution < -0.4 is 11.4 Å². The Balaban J connectivity index is 2.07. The van der Waals surface area contributed by atoms with Crippen molar-refractivity contribution >= 4 is 17.7 Å². The standard InChI is InChI=1S/C17H22N4O8/c1-28-15(25)5-4-13(24)21(27)6-2-3-10-8-20(17(26)19-16(10)18)14-7-11(23)12(9-22)29-14/h8,11-12,14,22-23,27H,4-7,9H2,1H3,(H2,18,19,26)/t11?,12-,14-/m1/s1. The molecule has 1 saturated heterocycles. The van der Waals surface area contributed by atoms with Crippen molar-refractivity contribution in [1.82, 2.24) is 14.6 Å². The number of aliphatic hydroxyl groups is 2. The van der Waals surface area contributed by atoms with Gasteiger partial charge in [-0.3, -0.25) is 19.4 Å². The Kier molecular flexibility index (Phi) is 7.68. The van der Waals surface area contributed by atoms with Crippen LogP contribution in [-0.2, 0) is 19.1 Å². The molecule has 0 saturated carbocycles. The van der Waals surface area contributed by atoms with E-state index in [1.807, 2.05) is 0 Å². The fourth-order valence-electron chi connectivity index (χ4n) is 2.57. The number of carbonyl (C=O) groups excluding carboxylic acids is 2. The predicted octanol–water partition coefficient (Wildman–Crippen LogP) is -2.01. The number of nitrogens with zero attached hydrogens (tertiary/aromatic N) is 3. The molecule has 12 nitrogen and oxygen atoms in total. The Bertz CT molecular complexity index is 874. The highest BCUT2D eigenvalue weighted by Crippen LogP contribution is 2.27. The number of amides is 1. The fourth-order valence-corrected chi connectivity index (χ4v) is 2.57. The quantitative estimate of drug-likeness (QED) is 0.177. The van der Waals surface area contributed by atoms with Gasteiger partial charge in [-0.1, -0.05) is 11.8 Å². The van der Waals surface area contributed by atoms with Gasteiger partial charge in [0.25, 0.3) is 0 Å². The number of nitrogen functional groups attached to an aromatic ring is 1. The van der Waals surface area contributed by atoms with Crippen molar-refractivity contribution in [2.24, 2.45) is 0 Å². The number of hydrogen-bond donors (Lipinski definition) is 4.